The van der Waals surface area contributed by atoms with Crippen LogP contribution in [0, 0.1) is 5.82 Å². The Morgan fingerprint density at radius 3 is 2.23 bits per heavy atom. The van der Waals surface area contributed by atoms with Crippen LogP contribution < -0.4 is 5.32 Å². The standard InChI is InChI=1S/C24H19ClFNO4/c25-14-9-10-19(21(26)11-14)22(12-23(28)29)27-24(30)31-13-20-17-7-3-1-5-15(17)16-6-2-4-8-18(16)20/h1-11,20,22H,12-13H2,(H,27,30)(H,28,29)/t22-/m0/s1. The second-order valence-electron chi connectivity index (χ2n) is 7.29. The topological polar surface area (TPSA) is 75.6 Å². The number of benzene rings is 3. The van der Waals surface area contributed by atoms with Gasteiger partial charge in [-0.05, 0) is 34.4 Å². The number of carbonyl (C=O) groups excluding carboxylic acids is 1. The number of hydrogen-bond donors (Lipinski definition) is 2. The van der Waals surface area contributed by atoms with Crippen molar-refractivity contribution in [2.24, 2.45) is 0 Å². The van der Waals surface area contributed by atoms with Crippen molar-refractivity contribution in [3.63, 3.8) is 0 Å². The summed E-state index contributed by atoms with van der Waals surface area (Å²) in [5.41, 5.74) is 4.34. The number of rotatable bonds is 6. The van der Waals surface area contributed by atoms with Crippen LogP contribution >= 0.6 is 11.6 Å². The molecule has 1 atom stereocenters. The summed E-state index contributed by atoms with van der Waals surface area (Å²) in [6.07, 6.45) is -1.31. The molecule has 7 heteroatoms. The maximum atomic E-state index is 14.3. The van der Waals surface area contributed by atoms with E-state index in [9.17, 15) is 19.1 Å². The monoisotopic (exact) mass is 439 g/mol. The minimum atomic E-state index is -1.18. The van der Waals surface area contributed by atoms with Gasteiger partial charge in [0.25, 0.3) is 0 Å². The minimum absolute atomic E-state index is 0.0281. The fraction of sp³-hybridized carbons (Fsp3) is 0.167. The molecule has 1 aliphatic rings. The molecule has 0 bridgehead atoms. The number of halogens is 2. The van der Waals surface area contributed by atoms with Crippen LogP contribution in [0.25, 0.3) is 11.1 Å². The molecule has 0 fully saturated rings. The minimum Gasteiger partial charge on any atom is -0.481 e. The number of ether oxygens (including phenoxy) is 1. The van der Waals surface area contributed by atoms with Gasteiger partial charge in [0.2, 0.25) is 0 Å². The highest BCUT2D eigenvalue weighted by atomic mass is 35.5. The predicted molar refractivity (Wildman–Crippen MR) is 115 cm³/mol. The second-order valence-corrected chi connectivity index (χ2v) is 7.72. The van der Waals surface area contributed by atoms with Crippen LogP contribution in [0.4, 0.5) is 9.18 Å². The molecule has 5 nitrogen and oxygen atoms in total. The third-order valence-corrected chi connectivity index (χ3v) is 5.59. The maximum Gasteiger partial charge on any atom is 0.407 e. The van der Waals surface area contributed by atoms with E-state index in [0.29, 0.717) is 0 Å². The van der Waals surface area contributed by atoms with Crippen molar-refractivity contribution in [3.05, 3.63) is 94.3 Å². The number of alkyl carbamates (subject to hydrolysis) is 1. The molecule has 31 heavy (non-hydrogen) atoms. The van der Waals surface area contributed by atoms with Gasteiger partial charge in [-0.15, -0.1) is 0 Å². The van der Waals surface area contributed by atoms with Gasteiger partial charge in [0.15, 0.2) is 0 Å². The highest BCUT2D eigenvalue weighted by molar-refractivity contribution is 6.30. The predicted octanol–water partition coefficient (Wildman–Crippen LogP) is 5.53. The van der Waals surface area contributed by atoms with E-state index in [1.165, 1.54) is 12.1 Å². The van der Waals surface area contributed by atoms with Gasteiger partial charge in [-0.3, -0.25) is 4.79 Å². The quantitative estimate of drug-likeness (QED) is 0.529. The average molecular weight is 440 g/mol. The SMILES string of the molecule is O=C(O)C[C@H](NC(=O)OCC1c2ccccc2-c2ccccc21)c1ccc(Cl)cc1F. The number of fused-ring (bicyclic) bond motifs is 3. The van der Waals surface area contributed by atoms with E-state index in [2.05, 4.69) is 5.32 Å². The van der Waals surface area contributed by atoms with Gasteiger partial charge in [-0.25, -0.2) is 9.18 Å². The van der Waals surface area contributed by atoms with Crippen LogP contribution in [0.3, 0.4) is 0 Å². The summed E-state index contributed by atoms with van der Waals surface area (Å²) in [7, 11) is 0. The molecule has 1 aliphatic carbocycles. The van der Waals surface area contributed by atoms with Gasteiger partial charge < -0.3 is 15.2 Å². The number of nitrogens with one attached hydrogen (secondary N) is 1. The normalized spacial score (nSPS) is 13.2. The van der Waals surface area contributed by atoms with Crippen molar-refractivity contribution in [2.45, 2.75) is 18.4 Å². The Morgan fingerprint density at radius 1 is 1.03 bits per heavy atom. The molecule has 0 aliphatic heterocycles. The van der Waals surface area contributed by atoms with Crippen LogP contribution in [-0.4, -0.2) is 23.8 Å². The third-order valence-electron chi connectivity index (χ3n) is 5.35. The van der Waals surface area contributed by atoms with E-state index in [1.807, 2.05) is 48.5 Å². The average Bonchev–Trinajstić information content (AvgIpc) is 3.05. The van der Waals surface area contributed by atoms with E-state index in [-0.39, 0.29) is 23.1 Å². The number of carboxylic acids is 1. The first-order valence-electron chi connectivity index (χ1n) is 9.72. The van der Waals surface area contributed by atoms with Crippen LogP contribution in [0.2, 0.25) is 5.02 Å². The van der Waals surface area contributed by atoms with Gasteiger partial charge >= 0.3 is 12.1 Å². The Hall–Kier alpha value is -3.38. The van der Waals surface area contributed by atoms with Crippen molar-refractivity contribution >= 4 is 23.7 Å². The van der Waals surface area contributed by atoms with Gasteiger partial charge in [0, 0.05) is 16.5 Å². The Kier molecular flexibility index (Phi) is 5.91. The van der Waals surface area contributed by atoms with Gasteiger partial charge in [0.1, 0.15) is 12.4 Å². The number of hydrogen-bond acceptors (Lipinski definition) is 3. The molecule has 0 aromatic heterocycles. The largest absolute Gasteiger partial charge is 0.481 e. The van der Waals surface area contributed by atoms with Gasteiger partial charge in [-0.2, -0.15) is 0 Å². The van der Waals surface area contributed by atoms with Crippen LogP contribution in [0.15, 0.2) is 66.7 Å². The van der Waals surface area contributed by atoms with E-state index in [4.69, 9.17) is 16.3 Å². The van der Waals surface area contributed by atoms with Crippen molar-refractivity contribution in [1.82, 2.24) is 5.32 Å². The van der Waals surface area contributed by atoms with E-state index in [1.54, 1.807) is 0 Å². The van der Waals surface area contributed by atoms with E-state index < -0.39 is 30.3 Å². The highest BCUT2D eigenvalue weighted by Gasteiger charge is 2.29. The zero-order chi connectivity index (χ0) is 22.0. The zero-order valence-corrected chi connectivity index (χ0v) is 17.1. The number of carbonyl (C=O) groups is 2. The number of amides is 1. The molecular formula is C24H19ClFNO4. The first kappa shape index (κ1) is 20.9. The number of aliphatic carboxylic acids is 1. The van der Waals surface area contributed by atoms with Gasteiger partial charge in [-0.1, -0.05) is 66.2 Å². The van der Waals surface area contributed by atoms with Crippen molar-refractivity contribution in [2.75, 3.05) is 6.61 Å². The van der Waals surface area contributed by atoms with E-state index >= 15 is 0 Å². The molecule has 3 aromatic carbocycles. The summed E-state index contributed by atoms with van der Waals surface area (Å²) in [6.45, 7) is 0.0722. The smallest absolute Gasteiger partial charge is 0.407 e. The lowest BCUT2D eigenvalue weighted by Gasteiger charge is -2.19. The Morgan fingerprint density at radius 2 is 1.65 bits per heavy atom. The summed E-state index contributed by atoms with van der Waals surface area (Å²) in [5.74, 6) is -2.01. The fourth-order valence-corrected chi connectivity index (χ4v) is 4.14. The lowest BCUT2D eigenvalue weighted by atomic mass is 9.98. The van der Waals surface area contributed by atoms with Crippen molar-refractivity contribution in [1.29, 1.82) is 0 Å². The number of carboxylic acid groups (broad SMARTS) is 1. The summed E-state index contributed by atoms with van der Waals surface area (Å²) < 4.78 is 19.7. The summed E-state index contributed by atoms with van der Waals surface area (Å²) in [5, 5.41) is 11.8. The van der Waals surface area contributed by atoms with Gasteiger partial charge in [0.05, 0.1) is 12.5 Å². The third kappa shape index (κ3) is 4.39. The molecule has 2 N–H and O–H groups in total. The molecule has 3 aromatic rings. The fourth-order valence-electron chi connectivity index (χ4n) is 3.98. The van der Waals surface area contributed by atoms with Crippen LogP contribution in [0.1, 0.15) is 35.1 Å². The Balaban J connectivity index is 1.50. The molecule has 158 valence electrons. The highest BCUT2D eigenvalue weighted by Crippen LogP contribution is 2.44. The Labute approximate surface area is 183 Å². The van der Waals surface area contributed by atoms with Crippen LogP contribution in [0.5, 0.6) is 0 Å². The molecule has 0 spiro atoms. The summed E-state index contributed by atoms with van der Waals surface area (Å²) in [4.78, 5) is 23.7. The molecule has 0 heterocycles. The first-order chi connectivity index (χ1) is 14.9. The molecule has 4 rings (SSSR count). The van der Waals surface area contributed by atoms with Crippen LogP contribution in [-0.2, 0) is 9.53 Å². The molecule has 0 radical (unpaired) electrons. The summed E-state index contributed by atoms with van der Waals surface area (Å²) in [6, 6.07) is 18.6. The maximum absolute atomic E-state index is 14.3. The molecule has 0 saturated heterocycles. The molecular weight excluding hydrogens is 421 g/mol. The second kappa shape index (κ2) is 8.78. The molecule has 1 amide bonds. The lowest BCUT2D eigenvalue weighted by molar-refractivity contribution is -0.137. The zero-order valence-electron chi connectivity index (χ0n) is 16.3. The van der Waals surface area contributed by atoms with Crippen molar-refractivity contribution in [3.8, 4) is 11.1 Å². The molecule has 0 saturated carbocycles. The summed E-state index contributed by atoms with van der Waals surface area (Å²) >= 11 is 5.77. The van der Waals surface area contributed by atoms with Crippen molar-refractivity contribution < 1.29 is 23.8 Å². The first-order valence-corrected chi connectivity index (χ1v) is 10.1. The van der Waals surface area contributed by atoms with E-state index in [0.717, 1.165) is 28.3 Å². The molecule has 0 unspecified atom stereocenters. The Bertz CT molecular complexity index is 1100. The lowest BCUT2D eigenvalue weighted by Crippen LogP contribution is -2.32.